The molecule has 15 rings (SSSR count). The van der Waals surface area contributed by atoms with Crippen molar-refractivity contribution in [1.29, 1.82) is 0 Å². The summed E-state index contributed by atoms with van der Waals surface area (Å²) in [5.41, 5.74) is 30.7. The van der Waals surface area contributed by atoms with E-state index in [1.54, 1.807) is 0 Å². The highest BCUT2D eigenvalue weighted by molar-refractivity contribution is 7.01. The van der Waals surface area contributed by atoms with E-state index in [0.717, 1.165) is 0 Å². The van der Waals surface area contributed by atoms with E-state index in [4.69, 9.17) is 0 Å². The third-order valence-corrected chi connectivity index (χ3v) is 16.8. The highest BCUT2D eigenvalue weighted by atomic mass is 15.0. The second-order valence-electron chi connectivity index (χ2n) is 21.0. The lowest BCUT2D eigenvalue weighted by Crippen LogP contribution is -2.62. The van der Waals surface area contributed by atoms with Gasteiger partial charge in [-0.2, -0.15) is 0 Å². The maximum atomic E-state index is 2.67. The van der Waals surface area contributed by atoms with Crippen LogP contribution in [0.5, 0.6) is 0 Å². The molecule has 2 aliphatic rings. The van der Waals surface area contributed by atoms with E-state index < -0.39 is 0 Å². The smallest absolute Gasteiger partial charge is 0.247 e. The molecule has 4 heteroatoms. The molecule has 0 aliphatic carbocycles. The van der Waals surface area contributed by atoms with Gasteiger partial charge in [0.1, 0.15) is 0 Å². The van der Waals surface area contributed by atoms with Crippen LogP contribution in [0.25, 0.3) is 99.5 Å². The number of benzene rings is 11. The first-order valence-electron chi connectivity index (χ1n) is 26.1. The van der Waals surface area contributed by atoms with Crippen molar-refractivity contribution in [1.82, 2.24) is 9.13 Å². The Morgan fingerprint density at radius 1 is 0.257 bits per heavy atom. The summed E-state index contributed by atoms with van der Waals surface area (Å²) in [6, 6.07) is 87.1. The number of nitrogens with zero attached hydrogens (tertiary/aromatic N) is 2. The fraction of sp³-hybridized carbons (Fsp3) is 0.0571. The second-order valence-corrected chi connectivity index (χ2v) is 21.0. The molecule has 0 fully saturated rings. The molecule has 2 aromatic heterocycles. The predicted octanol–water partition coefficient (Wildman–Crippen LogP) is 13.4. The molecule has 11 aromatic carbocycles. The Labute approximate surface area is 433 Å². The Hall–Kier alpha value is -8.85. The van der Waals surface area contributed by atoms with Gasteiger partial charge in [-0.25, -0.2) is 0 Å². The molecule has 0 bridgehead atoms. The molecule has 2 nitrogen and oxygen atoms in total. The number of rotatable bonds is 6. The van der Waals surface area contributed by atoms with Gasteiger partial charge in [0.15, 0.2) is 0 Å². The largest absolute Gasteiger partial charge is 0.310 e. The summed E-state index contributed by atoms with van der Waals surface area (Å²) in [6.45, 7) is 9.20. The van der Waals surface area contributed by atoms with E-state index in [9.17, 15) is 0 Å². The van der Waals surface area contributed by atoms with Gasteiger partial charge in [-0.1, -0.05) is 221 Å². The molecule has 0 unspecified atom stereocenters. The van der Waals surface area contributed by atoms with Crippen molar-refractivity contribution in [2.45, 2.75) is 27.7 Å². The van der Waals surface area contributed by atoms with Crippen LogP contribution in [-0.2, 0) is 0 Å². The van der Waals surface area contributed by atoms with E-state index >= 15 is 0 Å². The van der Waals surface area contributed by atoms with Crippen molar-refractivity contribution in [3.05, 3.63) is 253 Å². The summed E-state index contributed by atoms with van der Waals surface area (Å²) in [7, 11) is 0. The van der Waals surface area contributed by atoms with Crippen LogP contribution in [0.4, 0.5) is 0 Å². The number of fused-ring (bicyclic) bond motifs is 10. The minimum atomic E-state index is -0.0430. The molecule has 13 aromatic rings. The molecule has 0 radical (unpaired) electrons. The lowest BCUT2D eigenvalue weighted by molar-refractivity contribution is 1.15. The number of hydrogen-bond acceptors (Lipinski definition) is 0. The molecule has 2 aliphatic heterocycles. The van der Waals surface area contributed by atoms with Gasteiger partial charge in [-0.15, -0.1) is 0 Å². The molecule has 0 saturated carbocycles. The van der Waals surface area contributed by atoms with Gasteiger partial charge in [0, 0.05) is 44.0 Å². The van der Waals surface area contributed by atoms with Crippen LogP contribution < -0.4 is 32.8 Å². The first kappa shape index (κ1) is 42.8. The van der Waals surface area contributed by atoms with Crippen LogP contribution in [0.15, 0.2) is 231 Å². The summed E-state index contributed by atoms with van der Waals surface area (Å²) >= 11 is 0. The van der Waals surface area contributed by atoms with Crippen molar-refractivity contribution < 1.29 is 0 Å². The SMILES string of the molecule is Cc1cccc(C)c1B1c2cc3c(cc2-n2c4ccc(-c5ccccc5)cc4c4cc(-c5ccccc5)cc1c42)-n1c2ccc(-c4ccccc4)cc2c2cc(-c4ccccc4)cc(c21)B3c1c(C)cccc1C. The Balaban J connectivity index is 1.12. The average Bonchev–Trinajstić information content (AvgIpc) is 3.98. The summed E-state index contributed by atoms with van der Waals surface area (Å²) in [5.74, 6) is 0. The van der Waals surface area contributed by atoms with Crippen LogP contribution in [0.1, 0.15) is 22.3 Å². The number of aryl methyl sites for hydroxylation is 4. The van der Waals surface area contributed by atoms with Crippen LogP contribution in [-0.4, -0.2) is 22.6 Å². The van der Waals surface area contributed by atoms with Gasteiger partial charge in [0.25, 0.3) is 0 Å². The quantitative estimate of drug-likeness (QED) is 0.147. The zero-order valence-corrected chi connectivity index (χ0v) is 42.0. The maximum Gasteiger partial charge on any atom is 0.247 e. The number of hydrogen-bond donors (Lipinski definition) is 0. The molecular formula is C70H50B2N2. The summed E-state index contributed by atoms with van der Waals surface area (Å²) in [4.78, 5) is 0. The van der Waals surface area contributed by atoms with Crippen molar-refractivity contribution in [2.24, 2.45) is 0 Å². The van der Waals surface area contributed by atoms with Crippen molar-refractivity contribution in [3.63, 3.8) is 0 Å². The molecule has 74 heavy (non-hydrogen) atoms. The van der Waals surface area contributed by atoms with Gasteiger partial charge >= 0.3 is 0 Å². The fourth-order valence-electron chi connectivity index (χ4n) is 13.5. The predicted molar refractivity (Wildman–Crippen MR) is 318 cm³/mol. The highest BCUT2D eigenvalue weighted by Gasteiger charge is 2.41. The molecule has 0 N–H and O–H groups in total. The first-order valence-corrected chi connectivity index (χ1v) is 26.1. The number of aromatic nitrogens is 2. The Morgan fingerprint density at radius 3 is 0.959 bits per heavy atom. The molecule has 0 atom stereocenters. The van der Waals surface area contributed by atoms with Crippen LogP contribution >= 0.6 is 0 Å². The first-order chi connectivity index (χ1) is 36.4. The van der Waals surface area contributed by atoms with Gasteiger partial charge < -0.3 is 9.13 Å². The minimum Gasteiger partial charge on any atom is -0.310 e. The third kappa shape index (κ3) is 6.28. The van der Waals surface area contributed by atoms with Gasteiger partial charge in [-0.3, -0.25) is 0 Å². The van der Waals surface area contributed by atoms with Crippen LogP contribution in [0.3, 0.4) is 0 Å². The summed E-state index contributed by atoms with van der Waals surface area (Å²) in [6.07, 6.45) is 0. The average molecular weight is 941 g/mol. The maximum absolute atomic E-state index is 2.67. The van der Waals surface area contributed by atoms with Gasteiger partial charge in [0.05, 0.1) is 11.0 Å². The highest BCUT2D eigenvalue weighted by Crippen LogP contribution is 2.42. The van der Waals surface area contributed by atoms with Gasteiger partial charge in [-0.05, 0) is 137 Å². The van der Waals surface area contributed by atoms with Crippen LogP contribution in [0, 0.1) is 27.7 Å². The third-order valence-electron chi connectivity index (χ3n) is 16.8. The normalized spacial score (nSPS) is 12.5. The molecular weight excluding hydrogens is 890 g/mol. The van der Waals surface area contributed by atoms with E-state index in [2.05, 4.69) is 267 Å². The topological polar surface area (TPSA) is 9.86 Å². The zero-order valence-electron chi connectivity index (χ0n) is 42.0. The fourth-order valence-corrected chi connectivity index (χ4v) is 13.5. The summed E-state index contributed by atoms with van der Waals surface area (Å²) in [5, 5.41) is 5.09. The van der Waals surface area contributed by atoms with Crippen molar-refractivity contribution in [2.75, 3.05) is 0 Å². The molecule has 346 valence electrons. The van der Waals surface area contributed by atoms with E-state index in [-0.39, 0.29) is 13.4 Å². The lowest BCUT2D eigenvalue weighted by atomic mass is 9.31. The molecule has 0 amide bonds. The van der Waals surface area contributed by atoms with Crippen molar-refractivity contribution >= 4 is 89.8 Å². The van der Waals surface area contributed by atoms with E-state index in [1.165, 1.54) is 155 Å². The molecule has 4 heterocycles. The van der Waals surface area contributed by atoms with Crippen molar-refractivity contribution in [3.8, 4) is 55.9 Å². The lowest BCUT2D eigenvalue weighted by Gasteiger charge is -2.34. The molecule has 0 saturated heterocycles. The Bertz CT molecular complexity index is 4130. The zero-order chi connectivity index (χ0) is 49.3. The molecule has 0 spiro atoms. The van der Waals surface area contributed by atoms with Crippen LogP contribution in [0.2, 0.25) is 0 Å². The standard InChI is InChI=1S/C70H50B2N2/c1-43-19-17-20-44(2)67(43)71-59-41-60-66(42-65(59)73-63-33-31-51(47-23-9-5-10-24-47)35-55(63)57-37-53(39-61(71)69(57)73)49-27-13-7-14-28-49)74-64-34-32-52(48-25-11-6-12-26-48)36-56(64)58-38-54(50-29-15-8-16-30-50)40-62(70(58)74)72(60)68-45(3)21-18-22-46(68)4/h5-42H,1-4H3. The summed E-state index contributed by atoms with van der Waals surface area (Å²) < 4.78 is 5.28. The minimum absolute atomic E-state index is 0.0430. The van der Waals surface area contributed by atoms with E-state index in [0.29, 0.717) is 0 Å². The monoisotopic (exact) mass is 940 g/mol. The Morgan fingerprint density at radius 2 is 0.595 bits per heavy atom. The van der Waals surface area contributed by atoms with Gasteiger partial charge in [0.2, 0.25) is 13.4 Å². The Kier molecular flexibility index (Phi) is 9.45. The van der Waals surface area contributed by atoms with E-state index in [1.807, 2.05) is 0 Å². The second kappa shape index (κ2) is 16.3.